The summed E-state index contributed by atoms with van der Waals surface area (Å²) in [5.41, 5.74) is 1.11. The first-order valence-corrected chi connectivity index (χ1v) is 2.93. The third-order valence-electron chi connectivity index (χ3n) is 1.13. The molecule has 3 heteroatoms. The van der Waals surface area contributed by atoms with Gasteiger partial charge in [-0.15, -0.1) is 0 Å². The minimum Gasteiger partial charge on any atom is -0.320 e. The van der Waals surface area contributed by atoms with Crippen LogP contribution in [0.15, 0.2) is 24.3 Å². The fraction of sp³-hybridized carbons (Fsp3) is 0.143. The maximum absolute atomic E-state index is 4.69. The molecule has 1 rings (SSSR count). The molecule has 1 aromatic rings. The summed E-state index contributed by atoms with van der Waals surface area (Å²) in [6, 6.07) is 7.42. The van der Waals surface area contributed by atoms with Crippen LogP contribution in [-0.4, -0.2) is 0 Å². The zero-order valence-electron chi connectivity index (χ0n) is 5.70. The Bertz CT molecular complexity index is 213. The molecule has 10 heavy (non-hydrogen) atoms. The van der Waals surface area contributed by atoms with Gasteiger partial charge in [-0.25, -0.2) is 0 Å². The monoisotopic (exact) mass is 139 g/mol. The van der Waals surface area contributed by atoms with E-state index < -0.39 is 0 Å². The van der Waals surface area contributed by atoms with E-state index in [4.69, 9.17) is 0 Å². The average molecular weight is 139 g/mol. The molecular weight excluding hydrogens is 130 g/mol. The molecule has 0 aromatic heterocycles. The summed E-state index contributed by atoms with van der Waals surface area (Å²) in [6.45, 7) is 1.96. The lowest BCUT2D eigenvalue weighted by Crippen LogP contribution is -2.02. The van der Waals surface area contributed by atoms with Crippen LogP contribution in [0.2, 0.25) is 0 Å². The van der Waals surface area contributed by atoms with Gasteiger partial charge in [0.05, 0.1) is 0 Å². The molecule has 0 radical (unpaired) electrons. The normalized spacial score (nSPS) is 9.40. The Morgan fingerprint density at radius 3 is 2.80 bits per heavy atom. The van der Waals surface area contributed by atoms with Gasteiger partial charge in [0.15, 0.2) is 5.75 Å². The number of hydrogen-bond donors (Lipinski definition) is 1. The van der Waals surface area contributed by atoms with E-state index in [9.17, 15) is 0 Å². The fourth-order valence-corrected chi connectivity index (χ4v) is 0.723. The Kier molecular flexibility index (Phi) is 2.25. The van der Waals surface area contributed by atoms with E-state index in [1.807, 2.05) is 25.1 Å². The molecule has 0 aliphatic heterocycles. The molecule has 0 spiro atoms. The molecule has 0 fully saturated rings. The van der Waals surface area contributed by atoms with Crippen LogP contribution in [0.3, 0.4) is 0 Å². The van der Waals surface area contributed by atoms with Gasteiger partial charge in [0, 0.05) is 0 Å². The van der Waals surface area contributed by atoms with E-state index in [0.717, 1.165) is 5.56 Å². The molecule has 54 valence electrons. The average Bonchev–Trinajstić information content (AvgIpc) is 1.88. The maximum atomic E-state index is 4.69. The standard InChI is InChI=1S/C7H9NO2/c1-6-3-2-4-7(5-6)9-10-8/h2-5H,8H2,1H3. The van der Waals surface area contributed by atoms with Crippen LogP contribution in [0.1, 0.15) is 5.56 Å². The minimum absolute atomic E-state index is 0.613. The van der Waals surface area contributed by atoms with E-state index in [1.165, 1.54) is 0 Å². The van der Waals surface area contributed by atoms with E-state index in [1.54, 1.807) is 6.07 Å². The van der Waals surface area contributed by atoms with Crippen molar-refractivity contribution in [2.75, 3.05) is 0 Å². The zero-order chi connectivity index (χ0) is 7.40. The van der Waals surface area contributed by atoms with Gasteiger partial charge < -0.3 is 4.89 Å². The molecule has 0 heterocycles. The molecule has 1 aromatic carbocycles. The number of aryl methyl sites for hydroxylation is 1. The highest BCUT2D eigenvalue weighted by molar-refractivity contribution is 5.26. The second-order valence-electron chi connectivity index (χ2n) is 2.00. The molecular formula is C7H9NO2. The zero-order valence-corrected chi connectivity index (χ0v) is 5.70. The molecule has 0 saturated heterocycles. The molecule has 0 aliphatic rings. The summed E-state index contributed by atoms with van der Waals surface area (Å²) in [7, 11) is 0. The molecule has 0 unspecified atom stereocenters. The van der Waals surface area contributed by atoms with Crippen molar-refractivity contribution in [3.05, 3.63) is 29.8 Å². The highest BCUT2D eigenvalue weighted by atomic mass is 17.3. The van der Waals surface area contributed by atoms with Crippen molar-refractivity contribution >= 4 is 0 Å². The second-order valence-corrected chi connectivity index (χ2v) is 2.00. The number of nitrogens with two attached hydrogens (primary N) is 1. The predicted molar refractivity (Wildman–Crippen MR) is 37.1 cm³/mol. The summed E-state index contributed by atoms with van der Waals surface area (Å²) in [6.07, 6.45) is 0. The van der Waals surface area contributed by atoms with Gasteiger partial charge in [0.1, 0.15) is 0 Å². The lowest BCUT2D eigenvalue weighted by atomic mass is 10.2. The Labute approximate surface area is 59.2 Å². The van der Waals surface area contributed by atoms with Gasteiger partial charge in [0.2, 0.25) is 0 Å². The third-order valence-corrected chi connectivity index (χ3v) is 1.13. The van der Waals surface area contributed by atoms with E-state index in [0.29, 0.717) is 5.75 Å². The van der Waals surface area contributed by atoms with Gasteiger partial charge in [-0.05, 0) is 24.6 Å². The largest absolute Gasteiger partial charge is 0.320 e. The van der Waals surface area contributed by atoms with Gasteiger partial charge >= 0.3 is 0 Å². The second kappa shape index (κ2) is 3.20. The van der Waals surface area contributed by atoms with E-state index in [-0.39, 0.29) is 0 Å². The number of hydrogen-bond acceptors (Lipinski definition) is 3. The summed E-state index contributed by atoms with van der Waals surface area (Å²) in [5, 5.41) is 0. The lowest BCUT2D eigenvalue weighted by molar-refractivity contribution is -0.211. The van der Waals surface area contributed by atoms with Gasteiger partial charge in [-0.2, -0.15) is 5.90 Å². The maximum Gasteiger partial charge on any atom is 0.167 e. The predicted octanol–water partition coefficient (Wildman–Crippen LogP) is 1.18. The first kappa shape index (κ1) is 7.05. The SMILES string of the molecule is Cc1cccc(OON)c1. The van der Waals surface area contributed by atoms with E-state index >= 15 is 0 Å². The number of benzene rings is 1. The Morgan fingerprint density at radius 2 is 2.20 bits per heavy atom. The van der Waals surface area contributed by atoms with Crippen molar-refractivity contribution in [3.63, 3.8) is 0 Å². The van der Waals surface area contributed by atoms with Crippen LogP contribution < -0.4 is 10.8 Å². The van der Waals surface area contributed by atoms with Crippen LogP contribution in [0.5, 0.6) is 5.75 Å². The molecule has 0 bridgehead atoms. The fourth-order valence-electron chi connectivity index (χ4n) is 0.723. The summed E-state index contributed by atoms with van der Waals surface area (Å²) >= 11 is 0. The summed E-state index contributed by atoms with van der Waals surface area (Å²) in [4.78, 5) is 8.55. The highest BCUT2D eigenvalue weighted by Crippen LogP contribution is 2.11. The van der Waals surface area contributed by atoms with Crippen LogP contribution in [0.4, 0.5) is 0 Å². The lowest BCUT2D eigenvalue weighted by Gasteiger charge is -1.98. The minimum atomic E-state index is 0.613. The van der Waals surface area contributed by atoms with Gasteiger partial charge in [-0.3, -0.25) is 0 Å². The molecule has 0 saturated carbocycles. The number of rotatable bonds is 2. The first-order chi connectivity index (χ1) is 4.83. The molecule has 0 aliphatic carbocycles. The third kappa shape index (κ3) is 1.72. The van der Waals surface area contributed by atoms with Crippen molar-refractivity contribution < 1.29 is 9.88 Å². The highest BCUT2D eigenvalue weighted by Gasteiger charge is 1.91. The Morgan fingerprint density at radius 1 is 1.40 bits per heavy atom. The van der Waals surface area contributed by atoms with Gasteiger partial charge in [-0.1, -0.05) is 17.1 Å². The van der Waals surface area contributed by atoms with Crippen LogP contribution in [-0.2, 0) is 4.99 Å². The Balaban J connectivity index is 2.75. The van der Waals surface area contributed by atoms with Crippen molar-refractivity contribution in [2.24, 2.45) is 5.90 Å². The quantitative estimate of drug-likeness (QED) is 0.494. The first-order valence-electron chi connectivity index (χ1n) is 2.93. The van der Waals surface area contributed by atoms with Crippen molar-refractivity contribution in [2.45, 2.75) is 6.92 Å². The topological polar surface area (TPSA) is 44.5 Å². The summed E-state index contributed by atoms with van der Waals surface area (Å²) < 4.78 is 0. The molecule has 0 amide bonds. The van der Waals surface area contributed by atoms with E-state index in [2.05, 4.69) is 15.8 Å². The van der Waals surface area contributed by atoms with Crippen molar-refractivity contribution in [1.29, 1.82) is 0 Å². The molecule has 3 nitrogen and oxygen atoms in total. The molecule has 0 atom stereocenters. The van der Waals surface area contributed by atoms with Gasteiger partial charge in [0.25, 0.3) is 0 Å². The van der Waals surface area contributed by atoms with Crippen LogP contribution in [0.25, 0.3) is 0 Å². The van der Waals surface area contributed by atoms with Crippen LogP contribution >= 0.6 is 0 Å². The smallest absolute Gasteiger partial charge is 0.167 e. The van der Waals surface area contributed by atoms with Crippen molar-refractivity contribution in [1.82, 2.24) is 0 Å². The summed E-state index contributed by atoms with van der Waals surface area (Å²) in [5.74, 6) is 5.30. The van der Waals surface area contributed by atoms with Crippen LogP contribution in [0, 0.1) is 6.92 Å². The Hall–Kier alpha value is -1.06. The molecule has 2 N–H and O–H groups in total. The van der Waals surface area contributed by atoms with Crippen molar-refractivity contribution in [3.8, 4) is 5.75 Å².